The summed E-state index contributed by atoms with van der Waals surface area (Å²) in [4.78, 5) is 14.6. The van der Waals surface area contributed by atoms with Gasteiger partial charge in [0.05, 0.1) is 6.04 Å². The molecule has 1 amide bonds. The number of amides is 1. The predicted molar refractivity (Wildman–Crippen MR) is 67.8 cm³/mol. The molecule has 0 radical (unpaired) electrons. The summed E-state index contributed by atoms with van der Waals surface area (Å²) >= 11 is 0. The van der Waals surface area contributed by atoms with Crippen LogP contribution in [0.2, 0.25) is 0 Å². The molecular formula is C14H24N2O. The summed E-state index contributed by atoms with van der Waals surface area (Å²) in [5.41, 5.74) is 0. The highest BCUT2D eigenvalue weighted by atomic mass is 16.2. The molecule has 0 spiro atoms. The summed E-state index contributed by atoms with van der Waals surface area (Å²) in [5, 5.41) is 3.52. The molecule has 1 saturated heterocycles. The predicted octanol–water partition coefficient (Wildman–Crippen LogP) is 2.06. The number of carbonyl (C=O) groups is 1. The lowest BCUT2D eigenvalue weighted by atomic mass is 9.91. The SMILES string of the molecule is O=C1C(NC2CC2)CCCN1C1CCCCC1. The number of hydrogen-bond acceptors (Lipinski definition) is 2. The topological polar surface area (TPSA) is 32.3 Å². The fraction of sp³-hybridized carbons (Fsp3) is 0.929. The van der Waals surface area contributed by atoms with Crippen LogP contribution in [0.3, 0.4) is 0 Å². The normalized spacial score (nSPS) is 31.9. The highest BCUT2D eigenvalue weighted by Crippen LogP contribution is 2.27. The van der Waals surface area contributed by atoms with Crippen LogP contribution in [-0.4, -0.2) is 35.5 Å². The fourth-order valence-electron chi connectivity index (χ4n) is 3.34. The quantitative estimate of drug-likeness (QED) is 0.813. The van der Waals surface area contributed by atoms with Crippen LogP contribution >= 0.6 is 0 Å². The van der Waals surface area contributed by atoms with Crippen LogP contribution in [0.4, 0.5) is 0 Å². The highest BCUT2D eigenvalue weighted by Gasteiger charge is 2.36. The summed E-state index contributed by atoms with van der Waals surface area (Å²) in [7, 11) is 0. The van der Waals surface area contributed by atoms with Crippen molar-refractivity contribution in [2.75, 3.05) is 6.54 Å². The zero-order chi connectivity index (χ0) is 11.7. The molecular weight excluding hydrogens is 212 g/mol. The van der Waals surface area contributed by atoms with E-state index < -0.39 is 0 Å². The molecule has 3 fully saturated rings. The average molecular weight is 236 g/mol. The van der Waals surface area contributed by atoms with E-state index in [-0.39, 0.29) is 6.04 Å². The Kier molecular flexibility index (Phi) is 3.37. The molecule has 3 rings (SSSR count). The van der Waals surface area contributed by atoms with Gasteiger partial charge in [-0.1, -0.05) is 19.3 Å². The Balaban J connectivity index is 1.60. The second kappa shape index (κ2) is 4.97. The molecule has 0 aromatic heterocycles. The zero-order valence-electron chi connectivity index (χ0n) is 10.7. The molecule has 1 N–H and O–H groups in total. The Morgan fingerprint density at radius 1 is 0.941 bits per heavy atom. The number of nitrogens with zero attached hydrogens (tertiary/aromatic N) is 1. The summed E-state index contributed by atoms with van der Waals surface area (Å²) in [6, 6.07) is 1.34. The Labute approximate surface area is 104 Å². The Morgan fingerprint density at radius 2 is 1.71 bits per heavy atom. The lowest BCUT2D eigenvalue weighted by molar-refractivity contribution is -0.139. The third-order valence-corrected chi connectivity index (χ3v) is 4.50. The van der Waals surface area contributed by atoms with Gasteiger partial charge in [0.15, 0.2) is 0 Å². The van der Waals surface area contributed by atoms with Gasteiger partial charge in [-0.05, 0) is 38.5 Å². The molecule has 2 aliphatic carbocycles. The number of nitrogens with one attached hydrogen (secondary N) is 1. The van der Waals surface area contributed by atoms with Crippen LogP contribution in [0, 0.1) is 0 Å². The van der Waals surface area contributed by atoms with Crippen molar-refractivity contribution in [1.82, 2.24) is 10.2 Å². The molecule has 1 unspecified atom stereocenters. The number of rotatable bonds is 3. The van der Waals surface area contributed by atoms with Crippen LogP contribution in [0.1, 0.15) is 57.8 Å². The minimum absolute atomic E-state index is 0.137. The van der Waals surface area contributed by atoms with Gasteiger partial charge in [-0.15, -0.1) is 0 Å². The van der Waals surface area contributed by atoms with Crippen LogP contribution in [0.15, 0.2) is 0 Å². The van der Waals surface area contributed by atoms with E-state index in [0.29, 0.717) is 18.0 Å². The molecule has 2 saturated carbocycles. The van der Waals surface area contributed by atoms with Gasteiger partial charge in [0.25, 0.3) is 0 Å². The Bertz CT molecular complexity index is 282. The van der Waals surface area contributed by atoms with Crippen molar-refractivity contribution < 1.29 is 4.79 Å². The summed E-state index contributed by atoms with van der Waals surface area (Å²) in [5.74, 6) is 0.398. The van der Waals surface area contributed by atoms with Crippen molar-refractivity contribution in [3.05, 3.63) is 0 Å². The Hall–Kier alpha value is -0.570. The van der Waals surface area contributed by atoms with E-state index in [1.54, 1.807) is 0 Å². The monoisotopic (exact) mass is 236 g/mol. The standard InChI is InChI=1S/C14H24N2O/c17-14-13(15-11-8-9-11)7-4-10-16(14)12-5-2-1-3-6-12/h11-13,15H,1-10H2. The van der Waals surface area contributed by atoms with E-state index in [2.05, 4.69) is 10.2 Å². The minimum atomic E-state index is 0.137. The van der Waals surface area contributed by atoms with Gasteiger partial charge in [-0.3, -0.25) is 4.79 Å². The minimum Gasteiger partial charge on any atom is -0.338 e. The number of carbonyl (C=O) groups excluding carboxylic acids is 1. The van der Waals surface area contributed by atoms with Crippen molar-refractivity contribution in [3.8, 4) is 0 Å². The van der Waals surface area contributed by atoms with Crippen molar-refractivity contribution in [2.24, 2.45) is 0 Å². The van der Waals surface area contributed by atoms with E-state index in [1.807, 2.05) is 0 Å². The maximum Gasteiger partial charge on any atom is 0.239 e. The number of piperidine rings is 1. The van der Waals surface area contributed by atoms with Gasteiger partial charge in [0.1, 0.15) is 0 Å². The van der Waals surface area contributed by atoms with Crippen LogP contribution < -0.4 is 5.32 Å². The van der Waals surface area contributed by atoms with Crippen molar-refractivity contribution in [1.29, 1.82) is 0 Å². The summed E-state index contributed by atoms with van der Waals surface area (Å²) in [6.45, 7) is 1.01. The van der Waals surface area contributed by atoms with Gasteiger partial charge in [0.2, 0.25) is 5.91 Å². The highest BCUT2D eigenvalue weighted by molar-refractivity contribution is 5.83. The van der Waals surface area contributed by atoms with E-state index in [9.17, 15) is 4.79 Å². The van der Waals surface area contributed by atoms with Gasteiger partial charge in [-0.25, -0.2) is 0 Å². The van der Waals surface area contributed by atoms with Crippen molar-refractivity contribution >= 4 is 5.91 Å². The van der Waals surface area contributed by atoms with Crippen LogP contribution in [0.25, 0.3) is 0 Å². The van der Waals surface area contributed by atoms with E-state index in [1.165, 1.54) is 51.4 Å². The van der Waals surface area contributed by atoms with E-state index in [0.717, 1.165) is 13.0 Å². The van der Waals surface area contributed by atoms with Crippen LogP contribution in [0.5, 0.6) is 0 Å². The first-order valence-electron chi connectivity index (χ1n) is 7.41. The van der Waals surface area contributed by atoms with Gasteiger partial charge in [0, 0.05) is 18.6 Å². The van der Waals surface area contributed by atoms with E-state index in [4.69, 9.17) is 0 Å². The average Bonchev–Trinajstić information content (AvgIpc) is 3.17. The second-order valence-corrected chi connectivity index (χ2v) is 5.96. The molecule has 3 aliphatic rings. The van der Waals surface area contributed by atoms with Crippen LogP contribution in [-0.2, 0) is 4.79 Å². The Morgan fingerprint density at radius 3 is 2.41 bits per heavy atom. The largest absolute Gasteiger partial charge is 0.338 e. The van der Waals surface area contributed by atoms with Gasteiger partial charge >= 0.3 is 0 Å². The molecule has 17 heavy (non-hydrogen) atoms. The molecule has 0 aromatic carbocycles. The van der Waals surface area contributed by atoms with E-state index >= 15 is 0 Å². The molecule has 1 aliphatic heterocycles. The summed E-state index contributed by atoms with van der Waals surface area (Å²) < 4.78 is 0. The molecule has 1 heterocycles. The molecule has 96 valence electrons. The lowest BCUT2D eigenvalue weighted by Gasteiger charge is -2.40. The summed E-state index contributed by atoms with van der Waals surface area (Å²) in [6.07, 6.45) is 11.3. The second-order valence-electron chi connectivity index (χ2n) is 5.96. The number of likely N-dealkylation sites (tertiary alicyclic amines) is 1. The number of hydrogen-bond donors (Lipinski definition) is 1. The van der Waals surface area contributed by atoms with Gasteiger partial charge in [-0.2, -0.15) is 0 Å². The molecule has 0 bridgehead atoms. The fourth-order valence-corrected chi connectivity index (χ4v) is 3.34. The molecule has 0 aromatic rings. The van der Waals surface area contributed by atoms with Crippen molar-refractivity contribution in [3.63, 3.8) is 0 Å². The third kappa shape index (κ3) is 2.65. The third-order valence-electron chi connectivity index (χ3n) is 4.50. The first kappa shape index (κ1) is 11.5. The zero-order valence-corrected chi connectivity index (χ0v) is 10.7. The maximum atomic E-state index is 12.5. The first-order chi connectivity index (χ1) is 8.34. The molecule has 3 heteroatoms. The molecule has 3 nitrogen and oxygen atoms in total. The smallest absolute Gasteiger partial charge is 0.239 e. The molecule has 1 atom stereocenters. The lowest BCUT2D eigenvalue weighted by Crippen LogP contribution is -2.54. The van der Waals surface area contributed by atoms with Crippen molar-refractivity contribution in [2.45, 2.75) is 75.9 Å². The first-order valence-corrected chi connectivity index (χ1v) is 7.41. The maximum absolute atomic E-state index is 12.5. The van der Waals surface area contributed by atoms with Gasteiger partial charge < -0.3 is 10.2 Å².